The molecule has 2 rings (SSSR count). The Morgan fingerprint density at radius 1 is 1.06 bits per heavy atom. The van der Waals surface area contributed by atoms with Crippen molar-refractivity contribution in [3.63, 3.8) is 0 Å². The van der Waals surface area contributed by atoms with Crippen LogP contribution in [0.1, 0.15) is 22.6 Å². The van der Waals surface area contributed by atoms with Crippen molar-refractivity contribution in [1.82, 2.24) is 4.98 Å². The van der Waals surface area contributed by atoms with Crippen molar-refractivity contribution in [3.05, 3.63) is 33.0 Å². The summed E-state index contributed by atoms with van der Waals surface area (Å²) in [7, 11) is 0. The number of phenols is 1. The molecule has 0 aliphatic carbocycles. The van der Waals surface area contributed by atoms with Gasteiger partial charge in [-0.3, -0.25) is 0 Å². The number of aromatic hydroxyl groups is 1. The number of aromatic nitrogens is 1. The fourth-order valence-electron chi connectivity index (χ4n) is 1.84. The van der Waals surface area contributed by atoms with E-state index in [1.165, 1.54) is 0 Å². The standard InChI is InChI=1S/C12H13NO3/c1-5-6(2)9-10(11(14)7(5)3)13-8(4)16-12(9)15/h14H,1-4H3. The highest BCUT2D eigenvalue weighted by molar-refractivity contribution is 5.88. The van der Waals surface area contributed by atoms with Gasteiger partial charge in [-0.2, -0.15) is 0 Å². The van der Waals surface area contributed by atoms with Crippen molar-refractivity contribution < 1.29 is 9.52 Å². The molecule has 0 saturated carbocycles. The first kappa shape index (κ1) is 10.7. The normalized spacial score (nSPS) is 11.0. The zero-order chi connectivity index (χ0) is 12.0. The number of hydrogen-bond acceptors (Lipinski definition) is 4. The van der Waals surface area contributed by atoms with Gasteiger partial charge in [-0.05, 0) is 37.5 Å². The lowest BCUT2D eigenvalue weighted by Crippen LogP contribution is -2.07. The van der Waals surface area contributed by atoms with Gasteiger partial charge in [0.25, 0.3) is 0 Å². The van der Waals surface area contributed by atoms with E-state index < -0.39 is 5.63 Å². The van der Waals surface area contributed by atoms with Gasteiger partial charge >= 0.3 is 5.63 Å². The molecule has 0 spiro atoms. The second kappa shape index (κ2) is 3.33. The molecule has 2 aromatic rings. The van der Waals surface area contributed by atoms with Crippen LogP contribution in [0.25, 0.3) is 10.9 Å². The summed E-state index contributed by atoms with van der Waals surface area (Å²) in [6.07, 6.45) is 0. The number of benzene rings is 1. The number of nitrogens with zero attached hydrogens (tertiary/aromatic N) is 1. The number of aryl methyl sites for hydroxylation is 2. The predicted molar refractivity (Wildman–Crippen MR) is 60.9 cm³/mol. The van der Waals surface area contributed by atoms with Crippen molar-refractivity contribution in [2.45, 2.75) is 27.7 Å². The lowest BCUT2D eigenvalue weighted by Gasteiger charge is -2.10. The molecular formula is C12H13NO3. The molecule has 4 nitrogen and oxygen atoms in total. The fraction of sp³-hybridized carbons (Fsp3) is 0.333. The van der Waals surface area contributed by atoms with Crippen LogP contribution in [0.3, 0.4) is 0 Å². The maximum Gasteiger partial charge on any atom is 0.347 e. The summed E-state index contributed by atoms with van der Waals surface area (Å²) in [5.74, 6) is 0.324. The van der Waals surface area contributed by atoms with Crippen LogP contribution in [-0.2, 0) is 0 Å². The first-order valence-corrected chi connectivity index (χ1v) is 5.03. The van der Waals surface area contributed by atoms with E-state index in [2.05, 4.69) is 4.98 Å². The fourth-order valence-corrected chi connectivity index (χ4v) is 1.84. The maximum atomic E-state index is 11.7. The molecule has 0 aliphatic rings. The molecule has 0 radical (unpaired) electrons. The van der Waals surface area contributed by atoms with Crippen molar-refractivity contribution in [2.75, 3.05) is 0 Å². The van der Waals surface area contributed by atoms with Crippen molar-refractivity contribution in [3.8, 4) is 5.75 Å². The quantitative estimate of drug-likeness (QED) is 0.737. The highest BCUT2D eigenvalue weighted by atomic mass is 16.4. The Morgan fingerprint density at radius 2 is 1.69 bits per heavy atom. The van der Waals surface area contributed by atoms with Crippen LogP contribution in [0.4, 0.5) is 0 Å². The van der Waals surface area contributed by atoms with E-state index >= 15 is 0 Å². The zero-order valence-electron chi connectivity index (χ0n) is 9.71. The van der Waals surface area contributed by atoms with Gasteiger partial charge in [0.2, 0.25) is 0 Å². The summed E-state index contributed by atoms with van der Waals surface area (Å²) in [5, 5.41) is 10.3. The molecule has 0 bridgehead atoms. The average molecular weight is 219 g/mol. The molecule has 0 saturated heterocycles. The van der Waals surface area contributed by atoms with Gasteiger partial charge in [-0.1, -0.05) is 0 Å². The highest BCUT2D eigenvalue weighted by Crippen LogP contribution is 2.31. The van der Waals surface area contributed by atoms with E-state index in [9.17, 15) is 9.90 Å². The molecule has 0 amide bonds. The van der Waals surface area contributed by atoms with Crippen LogP contribution in [0.15, 0.2) is 9.21 Å². The van der Waals surface area contributed by atoms with Gasteiger partial charge < -0.3 is 9.52 Å². The zero-order valence-corrected chi connectivity index (χ0v) is 9.71. The van der Waals surface area contributed by atoms with Crippen LogP contribution in [0.2, 0.25) is 0 Å². The van der Waals surface area contributed by atoms with Gasteiger partial charge in [0.05, 0.1) is 5.39 Å². The lowest BCUT2D eigenvalue weighted by molar-refractivity contribution is 0.455. The Bertz CT molecular complexity index is 641. The van der Waals surface area contributed by atoms with E-state index in [4.69, 9.17) is 4.42 Å². The number of phenolic OH excluding ortho intramolecular Hbond substituents is 1. The lowest BCUT2D eigenvalue weighted by atomic mass is 9.99. The van der Waals surface area contributed by atoms with Gasteiger partial charge in [0, 0.05) is 6.92 Å². The second-order valence-electron chi connectivity index (χ2n) is 3.97. The molecule has 1 aromatic carbocycles. The third-order valence-electron chi connectivity index (χ3n) is 3.03. The summed E-state index contributed by atoms with van der Waals surface area (Å²) in [5.41, 5.74) is 2.34. The van der Waals surface area contributed by atoms with E-state index in [-0.39, 0.29) is 11.6 Å². The SMILES string of the molecule is Cc1nc2c(O)c(C)c(C)c(C)c2c(=O)o1. The molecule has 0 unspecified atom stereocenters. The topological polar surface area (TPSA) is 63.3 Å². The number of rotatable bonds is 0. The van der Waals surface area contributed by atoms with Crippen LogP contribution in [0.5, 0.6) is 5.75 Å². The minimum atomic E-state index is -0.446. The summed E-state index contributed by atoms with van der Waals surface area (Å²) in [4.78, 5) is 15.8. The van der Waals surface area contributed by atoms with E-state index in [1.807, 2.05) is 20.8 Å². The van der Waals surface area contributed by atoms with Crippen LogP contribution < -0.4 is 5.63 Å². The third kappa shape index (κ3) is 1.30. The first-order valence-electron chi connectivity index (χ1n) is 5.03. The Labute approximate surface area is 92.6 Å². The maximum absolute atomic E-state index is 11.7. The molecular weight excluding hydrogens is 206 g/mol. The molecule has 1 aromatic heterocycles. The molecule has 16 heavy (non-hydrogen) atoms. The number of hydrogen-bond donors (Lipinski definition) is 1. The Kier molecular flexibility index (Phi) is 2.22. The van der Waals surface area contributed by atoms with E-state index in [0.717, 1.165) is 16.7 Å². The summed E-state index contributed by atoms with van der Waals surface area (Å²) >= 11 is 0. The number of fused-ring (bicyclic) bond motifs is 1. The molecule has 0 atom stereocenters. The van der Waals surface area contributed by atoms with Gasteiger partial charge in [0.15, 0.2) is 5.89 Å². The Morgan fingerprint density at radius 3 is 2.31 bits per heavy atom. The van der Waals surface area contributed by atoms with E-state index in [1.54, 1.807) is 6.92 Å². The smallest absolute Gasteiger partial charge is 0.347 e. The first-order chi connectivity index (χ1) is 7.43. The largest absolute Gasteiger partial charge is 0.505 e. The molecule has 4 heteroatoms. The van der Waals surface area contributed by atoms with Crippen LogP contribution in [0, 0.1) is 27.7 Å². The Hall–Kier alpha value is -1.84. The molecule has 84 valence electrons. The van der Waals surface area contributed by atoms with Gasteiger partial charge in [0.1, 0.15) is 11.3 Å². The molecule has 1 heterocycles. The van der Waals surface area contributed by atoms with Gasteiger partial charge in [-0.25, -0.2) is 9.78 Å². The van der Waals surface area contributed by atoms with E-state index in [0.29, 0.717) is 10.9 Å². The van der Waals surface area contributed by atoms with Crippen molar-refractivity contribution in [2.24, 2.45) is 0 Å². The average Bonchev–Trinajstić information content (AvgIpc) is 2.22. The van der Waals surface area contributed by atoms with Crippen molar-refractivity contribution >= 4 is 10.9 Å². The van der Waals surface area contributed by atoms with Gasteiger partial charge in [-0.15, -0.1) is 0 Å². The summed E-state index contributed by atoms with van der Waals surface area (Å²) in [6.45, 7) is 7.09. The predicted octanol–water partition coefficient (Wildman–Crippen LogP) is 2.13. The molecule has 0 aliphatic heterocycles. The monoisotopic (exact) mass is 219 g/mol. The summed E-state index contributed by atoms with van der Waals surface area (Å²) in [6, 6.07) is 0. The summed E-state index contributed by atoms with van der Waals surface area (Å²) < 4.78 is 4.94. The molecule has 1 N–H and O–H groups in total. The Balaban J connectivity index is 3.15. The second-order valence-corrected chi connectivity index (χ2v) is 3.97. The van der Waals surface area contributed by atoms with Crippen LogP contribution >= 0.6 is 0 Å². The minimum Gasteiger partial charge on any atom is -0.505 e. The van der Waals surface area contributed by atoms with Crippen molar-refractivity contribution in [1.29, 1.82) is 0 Å². The molecule has 0 fully saturated rings. The highest BCUT2D eigenvalue weighted by Gasteiger charge is 2.16. The third-order valence-corrected chi connectivity index (χ3v) is 3.03. The van der Waals surface area contributed by atoms with Crippen LogP contribution in [-0.4, -0.2) is 10.1 Å². The minimum absolute atomic E-state index is 0.0640.